The average molecular weight is 446 g/mol. The highest BCUT2D eigenvalue weighted by molar-refractivity contribution is 7.99. The zero-order valence-corrected chi connectivity index (χ0v) is 17.3. The van der Waals surface area contributed by atoms with E-state index in [1.165, 1.54) is 36.5 Å². The van der Waals surface area contributed by atoms with E-state index in [-0.39, 0.29) is 18.2 Å². The highest BCUT2D eigenvalue weighted by Crippen LogP contribution is 2.32. The van der Waals surface area contributed by atoms with Crippen LogP contribution in [-0.4, -0.2) is 34.8 Å². The predicted molar refractivity (Wildman–Crippen MR) is 114 cm³/mol. The third-order valence-electron chi connectivity index (χ3n) is 4.53. The van der Waals surface area contributed by atoms with Gasteiger partial charge in [-0.05, 0) is 36.0 Å². The van der Waals surface area contributed by atoms with Crippen molar-refractivity contribution in [2.24, 2.45) is 0 Å². The Balaban J connectivity index is 1.50. The number of aromatic nitrogens is 6. The maximum absolute atomic E-state index is 14.2. The van der Waals surface area contributed by atoms with E-state index in [2.05, 4.69) is 25.0 Å². The van der Waals surface area contributed by atoms with Gasteiger partial charge in [-0.2, -0.15) is 5.10 Å². The van der Waals surface area contributed by atoms with Crippen LogP contribution in [0.15, 0.2) is 87.9 Å². The summed E-state index contributed by atoms with van der Waals surface area (Å²) in [4.78, 5) is 16.9. The van der Waals surface area contributed by atoms with Gasteiger partial charge in [0, 0.05) is 11.8 Å². The van der Waals surface area contributed by atoms with E-state index in [1.807, 2.05) is 18.2 Å². The summed E-state index contributed by atoms with van der Waals surface area (Å²) in [6.07, 6.45) is 6.14. The first-order valence-corrected chi connectivity index (χ1v) is 10.4. The molecular weight excluding hydrogens is 431 g/mol. The zero-order chi connectivity index (χ0) is 21.9. The van der Waals surface area contributed by atoms with Gasteiger partial charge in [-0.1, -0.05) is 24.3 Å². The molecule has 10 heteroatoms. The van der Waals surface area contributed by atoms with Gasteiger partial charge < -0.3 is 9.52 Å². The molecule has 0 unspecified atom stereocenters. The molecule has 5 aromatic rings. The first-order chi connectivity index (χ1) is 15.7. The Morgan fingerprint density at radius 2 is 1.88 bits per heavy atom. The number of nitrogens with zero attached hydrogens (tertiary/aromatic N) is 6. The lowest BCUT2D eigenvalue weighted by molar-refractivity contribution is 0.434. The molecule has 0 aliphatic carbocycles. The third kappa shape index (κ3) is 4.08. The number of benzene rings is 1. The fourth-order valence-corrected chi connectivity index (χ4v) is 3.74. The molecule has 4 aromatic heterocycles. The summed E-state index contributed by atoms with van der Waals surface area (Å²) in [5.74, 6) is -0.240. The molecular formula is C22H15FN6O2S. The van der Waals surface area contributed by atoms with Crippen molar-refractivity contribution >= 4 is 11.8 Å². The second-order valence-electron chi connectivity index (χ2n) is 6.66. The molecule has 0 aliphatic heterocycles. The van der Waals surface area contributed by atoms with E-state index in [4.69, 9.17) is 4.42 Å². The van der Waals surface area contributed by atoms with Crippen LogP contribution in [0.1, 0.15) is 5.56 Å². The smallest absolute Gasteiger partial charge is 0.245 e. The fourth-order valence-electron chi connectivity index (χ4n) is 3.04. The Hall–Kier alpha value is -4.05. The standard InChI is InChI=1S/C22H15FN6O2S/c23-15-6-2-1-5-14(15)13-29-18(21-25-9-10-31-21)11-16(28-29)17-12-26-22(20(30)27-17)32-19-7-3-4-8-24-19/h1-12H,13H2,(H,27,30). The molecule has 158 valence electrons. The predicted octanol–water partition coefficient (Wildman–Crippen LogP) is 4.43. The van der Waals surface area contributed by atoms with Gasteiger partial charge in [0.15, 0.2) is 5.03 Å². The van der Waals surface area contributed by atoms with Crippen LogP contribution in [0.4, 0.5) is 4.39 Å². The molecule has 1 N–H and O–H groups in total. The SMILES string of the molecule is Oc1nc(-c2cc(-c3ncco3)n(Cc3ccccc3F)n2)cnc1Sc1ccccn1. The highest BCUT2D eigenvalue weighted by atomic mass is 32.2. The number of rotatable bonds is 6. The molecule has 0 bridgehead atoms. The van der Waals surface area contributed by atoms with Crippen LogP contribution in [-0.2, 0) is 6.54 Å². The summed E-state index contributed by atoms with van der Waals surface area (Å²) in [7, 11) is 0. The summed E-state index contributed by atoms with van der Waals surface area (Å²) in [6.45, 7) is 0.164. The Bertz CT molecular complexity index is 1360. The van der Waals surface area contributed by atoms with Gasteiger partial charge in [-0.15, -0.1) is 0 Å². The molecule has 0 spiro atoms. The lowest BCUT2D eigenvalue weighted by Gasteiger charge is -2.06. The quantitative estimate of drug-likeness (QED) is 0.409. The maximum atomic E-state index is 14.2. The summed E-state index contributed by atoms with van der Waals surface area (Å²) in [6, 6.07) is 13.6. The van der Waals surface area contributed by atoms with Crippen molar-refractivity contribution in [2.45, 2.75) is 16.6 Å². The molecule has 0 atom stereocenters. The number of hydrogen-bond acceptors (Lipinski definition) is 8. The Labute approximate surface area is 185 Å². The lowest BCUT2D eigenvalue weighted by Crippen LogP contribution is -2.06. The minimum Gasteiger partial charge on any atom is -0.491 e. The Morgan fingerprint density at radius 3 is 2.62 bits per heavy atom. The second-order valence-corrected chi connectivity index (χ2v) is 7.66. The summed E-state index contributed by atoms with van der Waals surface area (Å²) in [5.41, 5.74) is 1.80. The monoisotopic (exact) mass is 446 g/mol. The van der Waals surface area contributed by atoms with E-state index >= 15 is 0 Å². The topological polar surface area (TPSA) is 103 Å². The van der Waals surface area contributed by atoms with Gasteiger partial charge in [-0.3, -0.25) is 4.68 Å². The van der Waals surface area contributed by atoms with Crippen LogP contribution < -0.4 is 0 Å². The lowest BCUT2D eigenvalue weighted by atomic mass is 10.2. The van der Waals surface area contributed by atoms with Crippen LogP contribution in [0.3, 0.4) is 0 Å². The van der Waals surface area contributed by atoms with Gasteiger partial charge >= 0.3 is 0 Å². The highest BCUT2D eigenvalue weighted by Gasteiger charge is 2.18. The van der Waals surface area contributed by atoms with Crippen LogP contribution in [0.25, 0.3) is 23.0 Å². The van der Waals surface area contributed by atoms with E-state index in [0.29, 0.717) is 38.6 Å². The summed E-state index contributed by atoms with van der Waals surface area (Å²) < 4.78 is 21.2. The van der Waals surface area contributed by atoms with Crippen LogP contribution >= 0.6 is 11.8 Å². The fraction of sp³-hybridized carbons (Fsp3) is 0.0455. The van der Waals surface area contributed by atoms with Gasteiger partial charge in [0.25, 0.3) is 0 Å². The second kappa shape index (κ2) is 8.60. The van der Waals surface area contributed by atoms with Crippen molar-refractivity contribution < 1.29 is 13.9 Å². The van der Waals surface area contributed by atoms with E-state index in [9.17, 15) is 9.50 Å². The van der Waals surface area contributed by atoms with Crippen LogP contribution in [0.2, 0.25) is 0 Å². The van der Waals surface area contributed by atoms with Crippen LogP contribution in [0, 0.1) is 5.82 Å². The Morgan fingerprint density at radius 1 is 1.00 bits per heavy atom. The van der Waals surface area contributed by atoms with Gasteiger partial charge in [0.1, 0.15) is 34.2 Å². The molecule has 0 aliphatic rings. The summed E-state index contributed by atoms with van der Waals surface area (Å²) in [5, 5.41) is 16.0. The minimum atomic E-state index is -0.337. The number of pyridine rings is 1. The van der Waals surface area contributed by atoms with E-state index < -0.39 is 0 Å². The Kier molecular flexibility index (Phi) is 5.34. The molecule has 1 aromatic carbocycles. The van der Waals surface area contributed by atoms with Gasteiger partial charge in [-0.25, -0.2) is 24.3 Å². The van der Waals surface area contributed by atoms with Gasteiger partial charge in [0.05, 0.1) is 18.9 Å². The van der Waals surface area contributed by atoms with Gasteiger partial charge in [0.2, 0.25) is 11.8 Å². The molecule has 5 rings (SSSR count). The molecule has 8 nitrogen and oxygen atoms in total. The van der Waals surface area contributed by atoms with Crippen LogP contribution in [0.5, 0.6) is 5.88 Å². The zero-order valence-electron chi connectivity index (χ0n) is 16.5. The number of halogens is 1. The molecule has 0 radical (unpaired) electrons. The number of aromatic hydroxyl groups is 1. The third-order valence-corrected chi connectivity index (χ3v) is 5.46. The molecule has 0 fully saturated rings. The van der Waals surface area contributed by atoms with Crippen molar-refractivity contribution in [2.75, 3.05) is 0 Å². The summed E-state index contributed by atoms with van der Waals surface area (Å²) >= 11 is 1.20. The maximum Gasteiger partial charge on any atom is 0.245 e. The minimum absolute atomic E-state index is 0.164. The molecule has 0 saturated carbocycles. The molecule has 0 saturated heterocycles. The average Bonchev–Trinajstić information content (AvgIpc) is 3.48. The molecule has 32 heavy (non-hydrogen) atoms. The first kappa shape index (κ1) is 19.9. The van der Waals surface area contributed by atoms with Crippen molar-refractivity contribution in [3.05, 3.63) is 84.8 Å². The first-order valence-electron chi connectivity index (χ1n) is 9.54. The molecule has 4 heterocycles. The van der Waals surface area contributed by atoms with Crippen molar-refractivity contribution in [1.29, 1.82) is 0 Å². The number of hydrogen-bond donors (Lipinski definition) is 1. The van der Waals surface area contributed by atoms with E-state index in [1.54, 1.807) is 35.1 Å². The normalized spacial score (nSPS) is 11.0. The largest absolute Gasteiger partial charge is 0.491 e. The van der Waals surface area contributed by atoms with E-state index in [0.717, 1.165) is 0 Å². The molecule has 0 amide bonds. The van der Waals surface area contributed by atoms with Crippen molar-refractivity contribution in [1.82, 2.24) is 29.7 Å². The van der Waals surface area contributed by atoms with Crippen molar-refractivity contribution in [3.63, 3.8) is 0 Å². The van der Waals surface area contributed by atoms with Crippen molar-refractivity contribution in [3.8, 4) is 28.9 Å². The number of oxazole rings is 1.